The lowest BCUT2D eigenvalue weighted by atomic mass is 9.71. The summed E-state index contributed by atoms with van der Waals surface area (Å²) in [6.45, 7) is 11.1. The first-order valence-corrected chi connectivity index (χ1v) is 13.3. The number of esters is 1. The Balaban J connectivity index is 1.87. The Bertz CT molecular complexity index is 944. The van der Waals surface area contributed by atoms with Crippen LogP contribution in [0.25, 0.3) is 6.08 Å². The van der Waals surface area contributed by atoms with Crippen LogP contribution in [0.2, 0.25) is 0 Å². The second-order valence-electron chi connectivity index (χ2n) is 11.5. The number of aliphatic hydroxyl groups is 2. The quantitative estimate of drug-likeness (QED) is 0.464. The van der Waals surface area contributed by atoms with E-state index in [0.29, 0.717) is 12.8 Å². The predicted molar refractivity (Wildman–Crippen MR) is 138 cm³/mol. The van der Waals surface area contributed by atoms with Crippen molar-refractivity contribution in [2.24, 2.45) is 17.3 Å². The molecule has 2 N–H and O–H groups in total. The SMILES string of the molecule is CC[C@@H]1C(=O)C(C)(C)[C@@H](O)CC(=O)O[C@@H](/C(C)=C/c2ccccn2)CC2O[C@]2(C)CCC[C@H](C)[C@H]1O. The normalized spacial score (nSPS) is 36.6. The van der Waals surface area contributed by atoms with Gasteiger partial charge in [-0.1, -0.05) is 40.2 Å². The fourth-order valence-electron chi connectivity index (χ4n) is 5.30. The fraction of sp³-hybridized carbons (Fsp3) is 0.690. The van der Waals surface area contributed by atoms with Crippen LogP contribution >= 0.6 is 0 Å². The minimum atomic E-state index is -1.23. The molecule has 36 heavy (non-hydrogen) atoms. The monoisotopic (exact) mass is 501 g/mol. The molecule has 1 unspecified atom stereocenters. The Morgan fingerprint density at radius 1 is 1.22 bits per heavy atom. The molecule has 0 radical (unpaired) electrons. The molecule has 2 saturated heterocycles. The maximum Gasteiger partial charge on any atom is 0.309 e. The summed E-state index contributed by atoms with van der Waals surface area (Å²) in [6.07, 6.45) is 4.11. The van der Waals surface area contributed by atoms with E-state index in [1.54, 1.807) is 20.0 Å². The van der Waals surface area contributed by atoms with Gasteiger partial charge in [-0.2, -0.15) is 0 Å². The molecular weight excluding hydrogens is 458 g/mol. The van der Waals surface area contributed by atoms with E-state index < -0.39 is 35.6 Å². The van der Waals surface area contributed by atoms with Gasteiger partial charge < -0.3 is 19.7 Å². The Labute approximate surface area is 215 Å². The maximum atomic E-state index is 13.4. The number of hydrogen-bond acceptors (Lipinski definition) is 7. The summed E-state index contributed by atoms with van der Waals surface area (Å²) in [4.78, 5) is 30.8. The number of ether oxygens (including phenoxy) is 2. The number of cyclic esters (lactones) is 1. The van der Waals surface area contributed by atoms with Gasteiger partial charge >= 0.3 is 5.97 Å². The summed E-state index contributed by atoms with van der Waals surface area (Å²) in [5.41, 5.74) is 0.0968. The second kappa shape index (κ2) is 11.5. The average Bonchev–Trinajstić information content (AvgIpc) is 3.47. The zero-order chi connectivity index (χ0) is 26.7. The summed E-state index contributed by atoms with van der Waals surface area (Å²) in [6, 6.07) is 5.63. The van der Waals surface area contributed by atoms with E-state index in [1.807, 2.05) is 45.0 Å². The van der Waals surface area contributed by atoms with Crippen molar-refractivity contribution in [2.75, 3.05) is 0 Å². The van der Waals surface area contributed by atoms with Crippen molar-refractivity contribution in [1.29, 1.82) is 0 Å². The van der Waals surface area contributed by atoms with Crippen molar-refractivity contribution in [1.82, 2.24) is 4.98 Å². The third kappa shape index (κ3) is 6.61. The van der Waals surface area contributed by atoms with Crippen molar-refractivity contribution in [3.05, 3.63) is 35.7 Å². The highest BCUT2D eigenvalue weighted by molar-refractivity contribution is 5.88. The van der Waals surface area contributed by atoms with Crippen LogP contribution in [-0.4, -0.2) is 57.0 Å². The van der Waals surface area contributed by atoms with E-state index in [2.05, 4.69) is 11.9 Å². The van der Waals surface area contributed by atoms with Gasteiger partial charge in [0.05, 0.1) is 41.4 Å². The number of epoxide rings is 1. The van der Waals surface area contributed by atoms with E-state index in [9.17, 15) is 19.8 Å². The highest BCUT2D eigenvalue weighted by Crippen LogP contribution is 2.45. The number of ketones is 1. The summed E-state index contributed by atoms with van der Waals surface area (Å²) in [5.74, 6) is -1.47. The number of pyridine rings is 1. The van der Waals surface area contributed by atoms with Gasteiger partial charge in [-0.3, -0.25) is 14.6 Å². The second-order valence-corrected chi connectivity index (χ2v) is 11.5. The van der Waals surface area contributed by atoms with Crippen LogP contribution < -0.4 is 0 Å². The Morgan fingerprint density at radius 2 is 1.94 bits per heavy atom. The molecule has 200 valence electrons. The van der Waals surface area contributed by atoms with Gasteiger partial charge in [0.1, 0.15) is 11.9 Å². The summed E-state index contributed by atoms with van der Waals surface area (Å²) in [5, 5.41) is 22.0. The molecule has 2 aliphatic heterocycles. The van der Waals surface area contributed by atoms with E-state index in [1.165, 1.54) is 0 Å². The lowest BCUT2D eigenvalue weighted by molar-refractivity contribution is -0.154. The predicted octanol–water partition coefficient (Wildman–Crippen LogP) is 4.50. The van der Waals surface area contributed by atoms with Crippen molar-refractivity contribution < 1.29 is 29.3 Å². The van der Waals surface area contributed by atoms with E-state index >= 15 is 0 Å². The number of fused-ring (bicyclic) bond motifs is 1. The van der Waals surface area contributed by atoms with Gasteiger partial charge in [-0.25, -0.2) is 0 Å². The number of aliphatic hydroxyl groups excluding tert-OH is 2. The fourth-order valence-corrected chi connectivity index (χ4v) is 5.30. The smallest absolute Gasteiger partial charge is 0.309 e. The highest BCUT2D eigenvalue weighted by atomic mass is 16.6. The summed E-state index contributed by atoms with van der Waals surface area (Å²) >= 11 is 0. The largest absolute Gasteiger partial charge is 0.458 e. The van der Waals surface area contributed by atoms with Gasteiger partial charge in [0.15, 0.2) is 0 Å². The number of nitrogens with zero attached hydrogens (tertiary/aromatic N) is 1. The number of Topliss-reactive ketones (excluding diaryl/α,β-unsaturated/α-hetero) is 1. The van der Waals surface area contributed by atoms with E-state index in [0.717, 1.165) is 30.5 Å². The van der Waals surface area contributed by atoms with E-state index in [-0.39, 0.29) is 29.8 Å². The zero-order valence-electron chi connectivity index (χ0n) is 22.6. The van der Waals surface area contributed by atoms with Gasteiger partial charge in [-0.15, -0.1) is 0 Å². The molecule has 0 bridgehead atoms. The average molecular weight is 502 g/mol. The maximum absolute atomic E-state index is 13.4. The molecule has 2 fully saturated rings. The van der Waals surface area contributed by atoms with Crippen LogP contribution in [0.15, 0.2) is 30.0 Å². The highest BCUT2D eigenvalue weighted by Gasteiger charge is 2.53. The minimum Gasteiger partial charge on any atom is -0.458 e. The van der Waals surface area contributed by atoms with Gasteiger partial charge in [0, 0.05) is 18.5 Å². The minimum absolute atomic E-state index is 0.0538. The molecule has 0 saturated carbocycles. The standard InChI is InChI=1S/C29H43NO6/c1-7-21-26(33)18(2)11-10-13-29(6)24(36-29)16-22(19(3)15-20-12-8-9-14-30-20)35-25(32)17-23(31)28(4,5)27(21)34/h8-9,12,14-15,18,21-24,26,31,33H,7,10-11,13,16-17H2,1-6H3/b19-15+/t18-,21-,22+,23-,24?,26+,29+/m0/s1. The van der Waals surface area contributed by atoms with Gasteiger partial charge in [0.25, 0.3) is 0 Å². The molecule has 0 amide bonds. The number of rotatable bonds is 3. The third-order valence-corrected chi connectivity index (χ3v) is 8.24. The molecule has 0 aliphatic carbocycles. The molecule has 3 rings (SSSR count). The van der Waals surface area contributed by atoms with Crippen molar-refractivity contribution in [3.63, 3.8) is 0 Å². The van der Waals surface area contributed by atoms with Crippen LogP contribution in [0.4, 0.5) is 0 Å². The molecular formula is C29H43NO6. The molecule has 0 spiro atoms. The van der Waals surface area contributed by atoms with Crippen LogP contribution in [-0.2, 0) is 19.1 Å². The third-order valence-electron chi connectivity index (χ3n) is 8.24. The van der Waals surface area contributed by atoms with Crippen LogP contribution in [0.5, 0.6) is 0 Å². The Morgan fingerprint density at radius 3 is 2.58 bits per heavy atom. The Kier molecular flexibility index (Phi) is 9.12. The van der Waals surface area contributed by atoms with Gasteiger partial charge in [-0.05, 0) is 62.8 Å². The zero-order valence-corrected chi connectivity index (χ0v) is 22.6. The summed E-state index contributed by atoms with van der Waals surface area (Å²) in [7, 11) is 0. The molecule has 3 heterocycles. The van der Waals surface area contributed by atoms with Crippen molar-refractivity contribution in [3.8, 4) is 0 Å². The molecule has 7 heteroatoms. The summed E-state index contributed by atoms with van der Waals surface area (Å²) < 4.78 is 12.0. The first kappa shape index (κ1) is 28.5. The molecule has 7 nitrogen and oxygen atoms in total. The topological polar surface area (TPSA) is 109 Å². The van der Waals surface area contributed by atoms with E-state index in [4.69, 9.17) is 9.47 Å². The molecule has 0 aromatic carbocycles. The number of carbonyl (C=O) groups excluding carboxylic acids is 2. The van der Waals surface area contributed by atoms with Gasteiger partial charge in [0.2, 0.25) is 0 Å². The number of aromatic nitrogens is 1. The van der Waals surface area contributed by atoms with Crippen LogP contribution in [0.3, 0.4) is 0 Å². The van der Waals surface area contributed by atoms with Crippen LogP contribution in [0.1, 0.15) is 85.8 Å². The molecule has 2 aliphatic rings. The number of hydrogen-bond donors (Lipinski definition) is 2. The van der Waals surface area contributed by atoms with Crippen molar-refractivity contribution >= 4 is 17.8 Å². The number of carbonyl (C=O) groups is 2. The lowest BCUT2D eigenvalue weighted by Crippen LogP contribution is -2.46. The first-order chi connectivity index (χ1) is 16.9. The molecule has 7 atom stereocenters. The molecule has 1 aromatic heterocycles. The lowest BCUT2D eigenvalue weighted by Gasteiger charge is -2.35. The molecule has 1 aromatic rings. The van der Waals surface area contributed by atoms with Crippen molar-refractivity contribution in [2.45, 2.75) is 110 Å². The van der Waals surface area contributed by atoms with Crippen LogP contribution in [0, 0.1) is 17.3 Å². The first-order valence-electron chi connectivity index (χ1n) is 13.3. The Hall–Kier alpha value is -2.09.